The Labute approximate surface area is 192 Å². The molecule has 10 nitrogen and oxygen atoms in total. The van der Waals surface area contributed by atoms with Gasteiger partial charge in [-0.25, -0.2) is 4.79 Å². The van der Waals surface area contributed by atoms with Gasteiger partial charge in [-0.05, 0) is 13.0 Å². The number of amides is 2. The van der Waals surface area contributed by atoms with Crippen molar-refractivity contribution in [3.05, 3.63) is 46.1 Å². The van der Waals surface area contributed by atoms with Gasteiger partial charge in [-0.3, -0.25) is 19.3 Å². The fourth-order valence-corrected chi connectivity index (χ4v) is 4.60. The van der Waals surface area contributed by atoms with Gasteiger partial charge in [0.2, 0.25) is 0 Å². The molecule has 0 radical (unpaired) electrons. The Morgan fingerprint density at radius 3 is 2.66 bits per heavy atom. The predicted molar refractivity (Wildman–Crippen MR) is 116 cm³/mol. The molecule has 1 saturated heterocycles. The van der Waals surface area contributed by atoms with E-state index in [0.717, 1.165) is 4.90 Å². The number of halogens is 1. The number of nitrogens with zero attached hydrogens (tertiary/aromatic N) is 2. The quantitative estimate of drug-likeness (QED) is 0.247. The molecule has 1 fully saturated rings. The third kappa shape index (κ3) is 5.05. The van der Waals surface area contributed by atoms with E-state index >= 15 is 0 Å². The number of β-lactam (4-membered cyclic amide) rings is 1. The van der Waals surface area contributed by atoms with Crippen LogP contribution in [-0.4, -0.2) is 63.2 Å². The molecule has 0 bridgehead atoms. The van der Waals surface area contributed by atoms with Gasteiger partial charge in [0.25, 0.3) is 11.8 Å². The first-order chi connectivity index (χ1) is 15.2. The fourth-order valence-electron chi connectivity index (χ4n) is 3.08. The van der Waals surface area contributed by atoms with Gasteiger partial charge in [-0.2, -0.15) is 0 Å². The lowest BCUT2D eigenvalue weighted by Crippen LogP contribution is -2.71. The average molecular weight is 482 g/mol. The molecule has 0 spiro atoms. The highest BCUT2D eigenvalue weighted by Gasteiger charge is 2.54. The van der Waals surface area contributed by atoms with Crippen molar-refractivity contribution in [3.63, 3.8) is 0 Å². The highest BCUT2D eigenvalue weighted by atomic mass is 35.5. The number of ether oxygens (including phenoxy) is 1. The number of hydrogen-bond donors (Lipinski definition) is 2. The number of carboxylic acid groups (broad SMARTS) is 1. The molecule has 12 heteroatoms. The number of carbonyl (C=O) groups excluding carboxylic acids is 3. The van der Waals surface area contributed by atoms with Crippen LogP contribution in [0.15, 0.2) is 40.7 Å². The van der Waals surface area contributed by atoms with Crippen LogP contribution >= 0.6 is 23.4 Å². The van der Waals surface area contributed by atoms with Crippen LogP contribution in [0.1, 0.15) is 19.4 Å². The molecule has 3 rings (SSSR count). The molecule has 2 aliphatic heterocycles. The van der Waals surface area contributed by atoms with Crippen molar-refractivity contribution in [2.75, 3.05) is 12.4 Å². The number of esters is 1. The van der Waals surface area contributed by atoms with Crippen LogP contribution in [0.3, 0.4) is 0 Å². The second kappa shape index (κ2) is 10.0. The molecule has 0 saturated carbocycles. The van der Waals surface area contributed by atoms with E-state index in [9.17, 15) is 24.3 Å². The number of nitrogens with one attached hydrogen (secondary N) is 1. The molecule has 0 aromatic heterocycles. The van der Waals surface area contributed by atoms with Gasteiger partial charge in [-0.1, -0.05) is 35.0 Å². The number of carbonyl (C=O) groups is 4. The van der Waals surface area contributed by atoms with Crippen molar-refractivity contribution >= 4 is 52.8 Å². The molecule has 2 amide bonds. The Kier molecular flexibility index (Phi) is 7.41. The van der Waals surface area contributed by atoms with E-state index in [1.807, 2.05) is 0 Å². The number of rotatable bonds is 8. The summed E-state index contributed by atoms with van der Waals surface area (Å²) >= 11 is 7.30. The van der Waals surface area contributed by atoms with E-state index in [-0.39, 0.29) is 30.4 Å². The monoisotopic (exact) mass is 481 g/mol. The largest absolute Gasteiger partial charge is 0.477 e. The number of oxime groups is 1. The normalized spacial score (nSPS) is 20.3. The first kappa shape index (κ1) is 23.6. The van der Waals surface area contributed by atoms with Gasteiger partial charge in [0, 0.05) is 28.8 Å². The van der Waals surface area contributed by atoms with E-state index in [1.54, 1.807) is 24.3 Å². The van der Waals surface area contributed by atoms with Crippen molar-refractivity contribution in [2.45, 2.75) is 31.9 Å². The SMILES string of the molecule is CC(=O)OCC1=C(C(=O)O)N2C(=O)[C@@H](NC(=O)/C(C)=N/OCc3ccccc3Cl)[C@H]2SC1. The smallest absolute Gasteiger partial charge is 0.352 e. The summed E-state index contributed by atoms with van der Waals surface area (Å²) in [4.78, 5) is 54.0. The molecule has 2 N–H and O–H groups in total. The van der Waals surface area contributed by atoms with Crippen molar-refractivity contribution in [1.82, 2.24) is 10.2 Å². The van der Waals surface area contributed by atoms with Gasteiger partial charge < -0.3 is 20.0 Å². The summed E-state index contributed by atoms with van der Waals surface area (Å²) in [5.74, 6) is -2.81. The zero-order valence-electron chi connectivity index (χ0n) is 17.2. The molecular formula is C20H20ClN3O7S. The Morgan fingerprint density at radius 2 is 2.00 bits per heavy atom. The summed E-state index contributed by atoms with van der Waals surface area (Å²) in [5.41, 5.74) is 0.789. The average Bonchev–Trinajstić information content (AvgIpc) is 2.75. The molecule has 2 atom stereocenters. The number of thioether (sulfide) groups is 1. The lowest BCUT2D eigenvalue weighted by Gasteiger charge is -2.49. The summed E-state index contributed by atoms with van der Waals surface area (Å²) in [7, 11) is 0. The van der Waals surface area contributed by atoms with Crippen molar-refractivity contribution in [2.24, 2.45) is 5.16 Å². The predicted octanol–water partition coefficient (Wildman–Crippen LogP) is 1.53. The van der Waals surface area contributed by atoms with Gasteiger partial charge in [-0.15, -0.1) is 11.8 Å². The lowest BCUT2D eigenvalue weighted by atomic mass is 10.0. The molecule has 0 unspecified atom stereocenters. The summed E-state index contributed by atoms with van der Waals surface area (Å²) in [6.45, 7) is 2.49. The molecule has 1 aromatic carbocycles. The Hall–Kier alpha value is -3.05. The van der Waals surface area contributed by atoms with E-state index in [2.05, 4.69) is 10.5 Å². The Morgan fingerprint density at radius 1 is 1.28 bits per heavy atom. The van der Waals surface area contributed by atoms with Crippen LogP contribution < -0.4 is 5.32 Å². The van der Waals surface area contributed by atoms with Crippen LogP contribution in [0, 0.1) is 0 Å². The maximum Gasteiger partial charge on any atom is 0.352 e. The first-order valence-electron chi connectivity index (χ1n) is 9.45. The molecule has 170 valence electrons. The van der Waals surface area contributed by atoms with Crippen molar-refractivity contribution < 1.29 is 33.9 Å². The topological polar surface area (TPSA) is 135 Å². The minimum Gasteiger partial charge on any atom is -0.477 e. The number of hydrogen-bond acceptors (Lipinski definition) is 8. The summed E-state index contributed by atoms with van der Waals surface area (Å²) in [6.07, 6.45) is 0. The van der Waals surface area contributed by atoms with Gasteiger partial charge >= 0.3 is 11.9 Å². The third-order valence-corrected chi connectivity index (χ3v) is 6.40. The van der Waals surface area contributed by atoms with Crippen LogP contribution in [0.5, 0.6) is 0 Å². The second-order valence-electron chi connectivity index (χ2n) is 6.94. The van der Waals surface area contributed by atoms with Gasteiger partial charge in [0.1, 0.15) is 36.0 Å². The summed E-state index contributed by atoms with van der Waals surface area (Å²) < 4.78 is 4.89. The maximum atomic E-state index is 12.6. The van der Waals surface area contributed by atoms with Crippen molar-refractivity contribution in [3.8, 4) is 0 Å². The molecule has 2 aliphatic rings. The van der Waals surface area contributed by atoms with Gasteiger partial charge in [0.15, 0.2) is 0 Å². The fraction of sp³-hybridized carbons (Fsp3) is 0.350. The molecule has 32 heavy (non-hydrogen) atoms. The number of aliphatic carboxylic acids is 1. The second-order valence-corrected chi connectivity index (χ2v) is 8.45. The highest BCUT2D eigenvalue weighted by molar-refractivity contribution is 8.00. The molecule has 0 aliphatic carbocycles. The number of fused-ring (bicyclic) bond motifs is 1. The van der Waals surface area contributed by atoms with Crippen LogP contribution in [0.4, 0.5) is 0 Å². The lowest BCUT2D eigenvalue weighted by molar-refractivity contribution is -0.150. The van der Waals surface area contributed by atoms with Crippen molar-refractivity contribution in [1.29, 1.82) is 0 Å². The Bertz CT molecular complexity index is 1030. The number of benzene rings is 1. The van der Waals surface area contributed by atoms with Crippen LogP contribution in [0.25, 0.3) is 0 Å². The van der Waals surface area contributed by atoms with E-state index in [0.29, 0.717) is 16.2 Å². The van der Waals surface area contributed by atoms with Crippen LogP contribution in [-0.2, 0) is 35.4 Å². The highest BCUT2D eigenvalue weighted by Crippen LogP contribution is 2.40. The zero-order valence-corrected chi connectivity index (χ0v) is 18.7. The maximum absolute atomic E-state index is 12.6. The Balaban J connectivity index is 1.61. The summed E-state index contributed by atoms with van der Waals surface area (Å²) in [6, 6.07) is 6.13. The van der Waals surface area contributed by atoms with Crippen LogP contribution in [0.2, 0.25) is 5.02 Å². The minimum absolute atomic E-state index is 0.00587. The molecular weight excluding hydrogens is 462 g/mol. The molecule has 2 heterocycles. The standard InChI is InChI=1S/C20H20ClN3O7S/c1-10(23-31-8-12-5-3-4-6-14(12)21)17(26)22-15-18(27)24-16(20(28)29)13(7-30-11(2)25)9-32-19(15)24/h3-6,15,19H,7-9H2,1-2H3,(H,22,26)(H,28,29)/b23-10+/t15-,19-/m1/s1. The minimum atomic E-state index is -1.30. The number of carboxylic acids is 1. The zero-order chi connectivity index (χ0) is 23.4. The third-order valence-electron chi connectivity index (χ3n) is 4.69. The summed E-state index contributed by atoms with van der Waals surface area (Å²) in [5, 5.41) is 15.8. The van der Waals surface area contributed by atoms with Gasteiger partial charge in [0.05, 0.1) is 0 Å². The first-order valence-corrected chi connectivity index (χ1v) is 10.9. The van der Waals surface area contributed by atoms with E-state index < -0.39 is 35.2 Å². The van der Waals surface area contributed by atoms with E-state index in [1.165, 1.54) is 25.6 Å². The molecule has 1 aromatic rings. The van der Waals surface area contributed by atoms with E-state index in [4.69, 9.17) is 21.2 Å².